The van der Waals surface area contributed by atoms with Gasteiger partial charge in [-0.05, 0) is 28.1 Å². The number of carbonyl (C=O) groups is 2. The molecule has 0 bridgehead atoms. The predicted molar refractivity (Wildman–Crippen MR) is 76.5 cm³/mol. The summed E-state index contributed by atoms with van der Waals surface area (Å²) in [6.07, 6.45) is 0. The van der Waals surface area contributed by atoms with Gasteiger partial charge in [-0.1, -0.05) is 0 Å². The molecule has 0 saturated carbocycles. The minimum absolute atomic E-state index is 0.105. The molecule has 2 rings (SSSR count). The fraction of sp³-hybridized carbons (Fsp3) is 0.154. The number of halogens is 3. The Kier molecular flexibility index (Phi) is 4.48. The van der Waals surface area contributed by atoms with Crippen LogP contribution in [0.5, 0.6) is 0 Å². The molecule has 0 amide bonds. The van der Waals surface area contributed by atoms with Crippen molar-refractivity contribution in [2.75, 3.05) is 7.11 Å². The van der Waals surface area contributed by atoms with Crippen LogP contribution in [0.25, 0.3) is 10.6 Å². The first-order valence-electron chi connectivity index (χ1n) is 5.60. The number of ketones is 1. The van der Waals surface area contributed by atoms with Crippen LogP contribution >= 0.6 is 27.3 Å². The van der Waals surface area contributed by atoms with Crippen LogP contribution in [0.2, 0.25) is 0 Å². The number of benzene rings is 1. The molecule has 0 aliphatic carbocycles. The number of hydrogen-bond acceptors (Lipinski definition) is 5. The maximum atomic E-state index is 13.6. The van der Waals surface area contributed by atoms with Gasteiger partial charge in [0.25, 0.3) is 0 Å². The van der Waals surface area contributed by atoms with Gasteiger partial charge < -0.3 is 4.74 Å². The molecule has 0 aliphatic rings. The zero-order valence-electron chi connectivity index (χ0n) is 10.9. The van der Waals surface area contributed by atoms with Crippen LogP contribution in [0.4, 0.5) is 8.78 Å². The van der Waals surface area contributed by atoms with Gasteiger partial charge in [0.1, 0.15) is 9.88 Å². The molecule has 0 unspecified atom stereocenters. The van der Waals surface area contributed by atoms with Gasteiger partial charge in [0, 0.05) is 12.5 Å². The summed E-state index contributed by atoms with van der Waals surface area (Å²) in [5.41, 5.74) is 0.109. The molecule has 2 aromatic rings. The third-order valence-electron chi connectivity index (χ3n) is 2.59. The summed E-state index contributed by atoms with van der Waals surface area (Å²) in [6, 6.07) is 2.26. The second kappa shape index (κ2) is 5.98. The number of aromatic nitrogens is 1. The molecular weight excluding hydrogens is 368 g/mol. The van der Waals surface area contributed by atoms with Crippen LogP contribution in [-0.2, 0) is 4.74 Å². The number of Topliss-reactive ketones (excluding diaryl/α,β-unsaturated/α-hetero) is 1. The van der Waals surface area contributed by atoms with Crippen molar-refractivity contribution in [3.63, 3.8) is 0 Å². The number of thiazole rings is 1. The molecule has 8 heteroatoms. The van der Waals surface area contributed by atoms with E-state index in [1.807, 2.05) is 0 Å². The minimum atomic E-state index is -1.06. The van der Waals surface area contributed by atoms with Crippen molar-refractivity contribution in [1.82, 2.24) is 4.98 Å². The first-order valence-corrected chi connectivity index (χ1v) is 7.21. The lowest BCUT2D eigenvalue weighted by Crippen LogP contribution is -2.06. The highest BCUT2D eigenvalue weighted by atomic mass is 79.9. The molecule has 1 heterocycles. The van der Waals surface area contributed by atoms with Gasteiger partial charge in [-0.3, -0.25) is 4.79 Å². The molecular formula is C13H8BrF2NO3S. The number of methoxy groups -OCH3 is 1. The highest BCUT2D eigenvalue weighted by Crippen LogP contribution is 2.35. The van der Waals surface area contributed by atoms with Crippen molar-refractivity contribution in [3.8, 4) is 10.6 Å². The minimum Gasteiger partial charge on any atom is -0.464 e. The van der Waals surface area contributed by atoms with E-state index in [2.05, 4.69) is 25.7 Å². The Bertz CT molecular complexity index is 745. The van der Waals surface area contributed by atoms with E-state index < -0.39 is 17.6 Å². The Labute approximate surface area is 130 Å². The standard InChI is InChI=1S/C13H8BrF2NO3S/c1-5(18)11-10(13(19)20-2)17-12(21-11)6-3-4-7(15)9(16)8(6)14/h3-4H,1-2H3. The van der Waals surface area contributed by atoms with Gasteiger partial charge in [0.2, 0.25) is 0 Å². The van der Waals surface area contributed by atoms with Crippen molar-refractivity contribution >= 4 is 39.0 Å². The second-order valence-corrected chi connectivity index (χ2v) is 5.76. The van der Waals surface area contributed by atoms with E-state index >= 15 is 0 Å². The summed E-state index contributed by atoms with van der Waals surface area (Å²) in [6.45, 7) is 1.28. The molecule has 0 radical (unpaired) electrons. The van der Waals surface area contributed by atoms with E-state index in [0.717, 1.165) is 17.4 Å². The fourth-order valence-electron chi connectivity index (χ4n) is 1.60. The molecule has 0 fully saturated rings. The summed E-state index contributed by atoms with van der Waals surface area (Å²) < 4.78 is 31.1. The average molecular weight is 376 g/mol. The summed E-state index contributed by atoms with van der Waals surface area (Å²) in [5, 5.41) is 0.214. The third-order valence-corrected chi connectivity index (χ3v) is 4.56. The lowest BCUT2D eigenvalue weighted by atomic mass is 10.2. The molecule has 4 nitrogen and oxygen atoms in total. The van der Waals surface area contributed by atoms with Gasteiger partial charge in [-0.15, -0.1) is 11.3 Å². The van der Waals surface area contributed by atoms with E-state index in [0.29, 0.717) is 0 Å². The van der Waals surface area contributed by atoms with Crippen LogP contribution in [0, 0.1) is 11.6 Å². The molecule has 21 heavy (non-hydrogen) atoms. The summed E-state index contributed by atoms with van der Waals surface area (Å²) in [7, 11) is 1.17. The first kappa shape index (κ1) is 15.7. The highest BCUT2D eigenvalue weighted by molar-refractivity contribution is 9.10. The van der Waals surface area contributed by atoms with Crippen LogP contribution in [0.1, 0.15) is 27.1 Å². The first-order chi connectivity index (χ1) is 9.86. The second-order valence-electron chi connectivity index (χ2n) is 3.97. The highest BCUT2D eigenvalue weighted by Gasteiger charge is 2.24. The maximum Gasteiger partial charge on any atom is 0.358 e. The number of ether oxygens (including phenoxy) is 1. The number of rotatable bonds is 3. The normalized spacial score (nSPS) is 10.5. The van der Waals surface area contributed by atoms with E-state index in [1.54, 1.807) is 0 Å². The van der Waals surface area contributed by atoms with E-state index in [-0.39, 0.29) is 31.4 Å². The number of carbonyl (C=O) groups excluding carboxylic acids is 2. The lowest BCUT2D eigenvalue weighted by Gasteiger charge is -2.02. The molecule has 0 aliphatic heterocycles. The number of esters is 1. The summed E-state index contributed by atoms with van der Waals surface area (Å²) in [4.78, 5) is 27.3. The SMILES string of the molecule is COC(=O)c1nc(-c2ccc(F)c(F)c2Br)sc1C(C)=O. The Morgan fingerprint density at radius 2 is 2.00 bits per heavy atom. The average Bonchev–Trinajstić information content (AvgIpc) is 2.89. The molecule has 110 valence electrons. The Hall–Kier alpha value is -1.67. The Balaban J connectivity index is 2.64. The zero-order valence-corrected chi connectivity index (χ0v) is 13.3. The Morgan fingerprint density at radius 3 is 2.57 bits per heavy atom. The van der Waals surface area contributed by atoms with E-state index in [4.69, 9.17) is 0 Å². The number of hydrogen-bond donors (Lipinski definition) is 0. The van der Waals surface area contributed by atoms with Crippen molar-refractivity contribution in [2.45, 2.75) is 6.92 Å². The molecule has 0 atom stereocenters. The van der Waals surface area contributed by atoms with Crippen LogP contribution in [0.3, 0.4) is 0 Å². The fourth-order valence-corrected chi connectivity index (χ4v) is 3.22. The molecule has 0 saturated heterocycles. The van der Waals surface area contributed by atoms with Crippen molar-refractivity contribution in [1.29, 1.82) is 0 Å². The van der Waals surface area contributed by atoms with Gasteiger partial charge in [-0.25, -0.2) is 18.6 Å². The molecule has 1 aromatic heterocycles. The summed E-state index contributed by atoms with van der Waals surface area (Å²) >= 11 is 3.86. The van der Waals surface area contributed by atoms with Crippen molar-refractivity contribution in [3.05, 3.63) is 38.8 Å². The number of nitrogens with zero attached hydrogens (tertiary/aromatic N) is 1. The van der Waals surface area contributed by atoms with Crippen LogP contribution < -0.4 is 0 Å². The molecule has 1 aromatic carbocycles. The topological polar surface area (TPSA) is 56.3 Å². The predicted octanol–water partition coefficient (Wildman–Crippen LogP) is 3.84. The van der Waals surface area contributed by atoms with E-state index in [1.165, 1.54) is 20.1 Å². The zero-order chi connectivity index (χ0) is 15.7. The lowest BCUT2D eigenvalue weighted by molar-refractivity contribution is 0.0591. The molecule has 0 N–H and O–H groups in total. The molecule has 0 spiro atoms. The monoisotopic (exact) mass is 375 g/mol. The van der Waals surface area contributed by atoms with Gasteiger partial charge >= 0.3 is 5.97 Å². The maximum absolute atomic E-state index is 13.6. The Morgan fingerprint density at radius 1 is 1.33 bits per heavy atom. The van der Waals surface area contributed by atoms with Crippen molar-refractivity contribution < 1.29 is 23.1 Å². The third kappa shape index (κ3) is 2.86. The van der Waals surface area contributed by atoms with E-state index in [9.17, 15) is 18.4 Å². The smallest absolute Gasteiger partial charge is 0.358 e. The van der Waals surface area contributed by atoms with Gasteiger partial charge in [0.05, 0.1) is 11.6 Å². The van der Waals surface area contributed by atoms with Crippen LogP contribution in [-0.4, -0.2) is 23.8 Å². The van der Waals surface area contributed by atoms with Gasteiger partial charge in [-0.2, -0.15) is 0 Å². The summed E-state index contributed by atoms with van der Waals surface area (Å²) in [5.74, 6) is -3.20. The largest absolute Gasteiger partial charge is 0.464 e. The van der Waals surface area contributed by atoms with Gasteiger partial charge in [0.15, 0.2) is 23.1 Å². The quantitative estimate of drug-likeness (QED) is 0.464. The van der Waals surface area contributed by atoms with Crippen molar-refractivity contribution in [2.24, 2.45) is 0 Å². The van der Waals surface area contributed by atoms with Crippen LogP contribution in [0.15, 0.2) is 16.6 Å².